The lowest BCUT2D eigenvalue weighted by atomic mass is 9.76. The quantitative estimate of drug-likeness (QED) is 0.777. The van der Waals surface area contributed by atoms with Gasteiger partial charge in [0.25, 0.3) is 0 Å². The van der Waals surface area contributed by atoms with E-state index in [1.807, 2.05) is 4.90 Å². The van der Waals surface area contributed by atoms with Gasteiger partial charge in [-0.05, 0) is 43.5 Å². The molecule has 27 heavy (non-hydrogen) atoms. The molecule has 1 aromatic carbocycles. The van der Waals surface area contributed by atoms with E-state index in [9.17, 15) is 22.8 Å². The first-order valence-electron chi connectivity index (χ1n) is 9.20. The molecule has 1 atom stereocenters. The summed E-state index contributed by atoms with van der Waals surface area (Å²) >= 11 is 0. The van der Waals surface area contributed by atoms with Crippen molar-refractivity contribution < 1.29 is 27.5 Å². The molecule has 0 bridgehead atoms. The highest BCUT2D eigenvalue weighted by Crippen LogP contribution is 2.43. The highest BCUT2D eigenvalue weighted by Gasteiger charge is 2.50. The summed E-state index contributed by atoms with van der Waals surface area (Å²) in [5, 5.41) is 0. The largest absolute Gasteiger partial charge is 0.573 e. The van der Waals surface area contributed by atoms with E-state index in [1.54, 1.807) is 4.90 Å². The van der Waals surface area contributed by atoms with Crippen molar-refractivity contribution in [1.29, 1.82) is 0 Å². The molecule has 2 fully saturated rings. The third kappa shape index (κ3) is 4.20. The van der Waals surface area contributed by atoms with Crippen molar-refractivity contribution >= 4 is 17.5 Å². The van der Waals surface area contributed by atoms with Gasteiger partial charge in [-0.1, -0.05) is 13.3 Å². The van der Waals surface area contributed by atoms with Crippen LogP contribution in [0.5, 0.6) is 5.75 Å². The van der Waals surface area contributed by atoms with Crippen molar-refractivity contribution in [2.75, 3.05) is 24.5 Å². The highest BCUT2D eigenvalue weighted by molar-refractivity contribution is 6.02. The van der Waals surface area contributed by atoms with E-state index < -0.39 is 11.8 Å². The monoisotopic (exact) mass is 384 g/mol. The number of benzene rings is 1. The zero-order chi connectivity index (χ0) is 19.7. The summed E-state index contributed by atoms with van der Waals surface area (Å²) in [5.41, 5.74) is -0.159. The number of halogens is 3. The molecule has 8 heteroatoms. The number of carbonyl (C=O) groups is 2. The lowest BCUT2D eigenvalue weighted by Gasteiger charge is -2.37. The van der Waals surface area contributed by atoms with Crippen LogP contribution >= 0.6 is 0 Å². The van der Waals surface area contributed by atoms with Gasteiger partial charge < -0.3 is 14.5 Å². The van der Waals surface area contributed by atoms with Gasteiger partial charge >= 0.3 is 6.36 Å². The Bertz CT molecular complexity index is 705. The van der Waals surface area contributed by atoms with Gasteiger partial charge in [0.05, 0.1) is 5.41 Å². The molecule has 1 unspecified atom stereocenters. The average molecular weight is 384 g/mol. The standard InChI is InChI=1S/C19H23F3N2O3/c1-2-3-10-23-11-8-18(13-16(23)25)9-12-24(17(18)26)14-4-6-15(7-5-14)27-19(20,21)22/h4-7H,2-3,8-13H2,1H3. The molecule has 1 aromatic rings. The van der Waals surface area contributed by atoms with Crippen LogP contribution in [0.1, 0.15) is 39.0 Å². The predicted molar refractivity (Wildman–Crippen MR) is 93.3 cm³/mol. The molecule has 3 rings (SSSR count). The van der Waals surface area contributed by atoms with Gasteiger partial charge in [0.1, 0.15) is 5.75 Å². The Morgan fingerprint density at radius 2 is 1.78 bits per heavy atom. The maximum Gasteiger partial charge on any atom is 0.573 e. The molecule has 2 aliphatic rings. The number of likely N-dealkylation sites (tertiary alicyclic amines) is 1. The number of piperidine rings is 1. The number of hydrogen-bond acceptors (Lipinski definition) is 3. The molecule has 0 aromatic heterocycles. The summed E-state index contributed by atoms with van der Waals surface area (Å²) in [6.07, 6.45) is -1.36. The van der Waals surface area contributed by atoms with Crippen LogP contribution in [-0.4, -0.2) is 42.7 Å². The average Bonchev–Trinajstić information content (AvgIpc) is 2.90. The van der Waals surface area contributed by atoms with Crippen LogP contribution in [0.15, 0.2) is 24.3 Å². The molecule has 2 aliphatic heterocycles. The molecule has 2 saturated heterocycles. The lowest BCUT2D eigenvalue weighted by Crippen LogP contribution is -2.48. The van der Waals surface area contributed by atoms with Crippen LogP contribution < -0.4 is 9.64 Å². The minimum absolute atomic E-state index is 0.0128. The van der Waals surface area contributed by atoms with Crippen LogP contribution in [0.3, 0.4) is 0 Å². The number of carbonyl (C=O) groups excluding carboxylic acids is 2. The fourth-order valence-corrected chi connectivity index (χ4v) is 3.84. The maximum atomic E-state index is 13.0. The lowest BCUT2D eigenvalue weighted by molar-refractivity contribution is -0.274. The molecule has 0 N–H and O–H groups in total. The minimum Gasteiger partial charge on any atom is -0.406 e. The Morgan fingerprint density at radius 1 is 1.11 bits per heavy atom. The topological polar surface area (TPSA) is 49.9 Å². The second-order valence-corrected chi connectivity index (χ2v) is 7.19. The van der Waals surface area contributed by atoms with E-state index in [-0.39, 0.29) is 24.0 Å². The number of amides is 2. The van der Waals surface area contributed by atoms with Gasteiger partial charge in [0, 0.05) is 31.7 Å². The fourth-order valence-electron chi connectivity index (χ4n) is 3.84. The van der Waals surface area contributed by atoms with Crippen molar-refractivity contribution in [3.05, 3.63) is 24.3 Å². The normalized spacial score (nSPS) is 23.4. The summed E-state index contributed by atoms with van der Waals surface area (Å²) in [6, 6.07) is 5.27. The molecule has 0 radical (unpaired) electrons. The van der Waals surface area contributed by atoms with Crippen LogP contribution in [-0.2, 0) is 9.59 Å². The van der Waals surface area contributed by atoms with E-state index >= 15 is 0 Å². The maximum absolute atomic E-state index is 13.0. The number of ether oxygens (including phenoxy) is 1. The third-order valence-corrected chi connectivity index (χ3v) is 5.38. The molecule has 1 spiro atoms. The molecule has 5 nitrogen and oxygen atoms in total. The number of hydrogen-bond donors (Lipinski definition) is 0. The number of alkyl halides is 3. The van der Waals surface area contributed by atoms with Gasteiger partial charge in [-0.15, -0.1) is 13.2 Å². The van der Waals surface area contributed by atoms with E-state index in [0.29, 0.717) is 31.6 Å². The summed E-state index contributed by atoms with van der Waals surface area (Å²) in [6.45, 7) is 3.83. The number of rotatable bonds is 5. The Morgan fingerprint density at radius 3 is 2.37 bits per heavy atom. The summed E-state index contributed by atoms with van der Waals surface area (Å²) < 4.78 is 40.7. The van der Waals surface area contributed by atoms with Gasteiger partial charge in [-0.3, -0.25) is 9.59 Å². The second kappa shape index (κ2) is 7.40. The van der Waals surface area contributed by atoms with Crippen molar-refractivity contribution in [3.8, 4) is 5.75 Å². The Balaban J connectivity index is 1.67. The summed E-state index contributed by atoms with van der Waals surface area (Å²) in [7, 11) is 0. The first-order chi connectivity index (χ1) is 12.7. The zero-order valence-corrected chi connectivity index (χ0v) is 15.2. The van der Waals surface area contributed by atoms with E-state index in [2.05, 4.69) is 11.7 Å². The Kier molecular flexibility index (Phi) is 5.35. The number of unbranched alkanes of at least 4 members (excludes halogenated alkanes) is 1. The molecule has 0 aliphatic carbocycles. The second-order valence-electron chi connectivity index (χ2n) is 7.19. The van der Waals surface area contributed by atoms with Gasteiger partial charge in [0.2, 0.25) is 11.8 Å². The van der Waals surface area contributed by atoms with Crippen molar-refractivity contribution in [2.24, 2.45) is 5.41 Å². The summed E-state index contributed by atoms with van der Waals surface area (Å²) in [5.74, 6) is -0.429. The van der Waals surface area contributed by atoms with E-state index in [1.165, 1.54) is 24.3 Å². The van der Waals surface area contributed by atoms with Gasteiger partial charge in [-0.25, -0.2) is 0 Å². The molecule has 148 valence electrons. The molecular weight excluding hydrogens is 361 g/mol. The molecule has 2 heterocycles. The van der Waals surface area contributed by atoms with Gasteiger partial charge in [-0.2, -0.15) is 0 Å². The Hall–Kier alpha value is -2.25. The van der Waals surface area contributed by atoms with E-state index in [4.69, 9.17) is 0 Å². The minimum atomic E-state index is -4.75. The van der Waals surface area contributed by atoms with Crippen molar-refractivity contribution in [1.82, 2.24) is 4.90 Å². The highest BCUT2D eigenvalue weighted by atomic mass is 19.4. The van der Waals surface area contributed by atoms with Crippen LogP contribution in [0, 0.1) is 5.41 Å². The third-order valence-electron chi connectivity index (χ3n) is 5.38. The van der Waals surface area contributed by atoms with Crippen LogP contribution in [0.2, 0.25) is 0 Å². The predicted octanol–water partition coefficient (Wildman–Crippen LogP) is 3.73. The van der Waals surface area contributed by atoms with Crippen LogP contribution in [0.25, 0.3) is 0 Å². The summed E-state index contributed by atoms with van der Waals surface area (Å²) in [4.78, 5) is 28.9. The first-order valence-corrected chi connectivity index (χ1v) is 9.20. The van der Waals surface area contributed by atoms with Gasteiger partial charge in [0.15, 0.2) is 0 Å². The smallest absolute Gasteiger partial charge is 0.406 e. The molecule has 2 amide bonds. The molecule has 0 saturated carbocycles. The van der Waals surface area contributed by atoms with E-state index in [0.717, 1.165) is 19.4 Å². The zero-order valence-electron chi connectivity index (χ0n) is 15.2. The van der Waals surface area contributed by atoms with Crippen LogP contribution in [0.4, 0.5) is 18.9 Å². The number of anilines is 1. The SMILES string of the molecule is CCCCN1CCC2(CCN(c3ccc(OC(F)(F)F)cc3)C2=O)CC1=O. The fraction of sp³-hybridized carbons (Fsp3) is 0.579. The number of nitrogens with zero attached hydrogens (tertiary/aromatic N) is 2. The van der Waals surface area contributed by atoms with Crippen molar-refractivity contribution in [2.45, 2.75) is 45.4 Å². The molecular formula is C19H23F3N2O3. The van der Waals surface area contributed by atoms with Crippen molar-refractivity contribution in [3.63, 3.8) is 0 Å². The Labute approximate surface area is 156 Å². The first kappa shape index (κ1) is 19.5.